The van der Waals surface area contributed by atoms with E-state index in [1.54, 1.807) is 23.9 Å². The molecule has 0 aliphatic rings. The van der Waals surface area contributed by atoms with Crippen molar-refractivity contribution >= 4 is 35.1 Å². The zero-order chi connectivity index (χ0) is 9.10. The minimum atomic E-state index is 0.786. The van der Waals surface area contributed by atoms with Crippen LogP contribution in [0.2, 0.25) is 5.02 Å². The number of aromatic amines is 1. The Morgan fingerprint density at radius 3 is 3.00 bits per heavy atom. The second-order valence-electron chi connectivity index (χ2n) is 2.51. The summed E-state index contributed by atoms with van der Waals surface area (Å²) < 4.78 is 0. The summed E-state index contributed by atoms with van der Waals surface area (Å²) in [4.78, 5) is 8.04. The maximum Gasteiger partial charge on any atom is 0.0924 e. The van der Waals surface area contributed by atoms with E-state index in [2.05, 4.69) is 9.97 Å². The number of hydrogen-bond donors (Lipinski definition) is 1. The van der Waals surface area contributed by atoms with Gasteiger partial charge in [0.2, 0.25) is 0 Å². The summed E-state index contributed by atoms with van der Waals surface area (Å²) >= 11 is 7.40. The molecule has 2 nitrogen and oxygen atoms in total. The van der Waals surface area contributed by atoms with Gasteiger partial charge < -0.3 is 4.98 Å². The average Bonchev–Trinajstić information content (AvgIpc) is 2.71. The largest absolute Gasteiger partial charge is 0.345 e. The van der Waals surface area contributed by atoms with Gasteiger partial charge in [-0.1, -0.05) is 11.6 Å². The maximum atomic E-state index is 5.78. The fraction of sp³-hybridized carbons (Fsp3) is 0. The van der Waals surface area contributed by atoms with Crippen molar-refractivity contribution in [2.45, 2.75) is 0 Å². The lowest BCUT2D eigenvalue weighted by Gasteiger charge is -1.82. The molecule has 0 saturated heterocycles. The van der Waals surface area contributed by atoms with Crippen LogP contribution in [0.5, 0.6) is 0 Å². The molecule has 0 saturated carbocycles. The number of nitrogens with one attached hydrogen (secondary N) is 1. The number of nitrogens with zero attached hydrogens (tertiary/aromatic N) is 1. The van der Waals surface area contributed by atoms with E-state index in [0.29, 0.717) is 0 Å². The number of H-pyrrole nitrogens is 1. The lowest BCUT2D eigenvalue weighted by molar-refractivity contribution is 1.31. The Morgan fingerprint density at radius 2 is 2.38 bits per heavy atom. The fourth-order valence-corrected chi connectivity index (χ4v) is 1.92. The van der Waals surface area contributed by atoms with E-state index < -0.39 is 0 Å². The van der Waals surface area contributed by atoms with Gasteiger partial charge in [0.15, 0.2) is 0 Å². The smallest absolute Gasteiger partial charge is 0.0924 e. The minimum Gasteiger partial charge on any atom is -0.345 e. The Kier molecular flexibility index (Phi) is 2.47. The van der Waals surface area contributed by atoms with Crippen LogP contribution in [0.25, 0.3) is 12.2 Å². The van der Waals surface area contributed by atoms with E-state index in [9.17, 15) is 0 Å². The summed E-state index contributed by atoms with van der Waals surface area (Å²) in [7, 11) is 0. The van der Waals surface area contributed by atoms with Crippen molar-refractivity contribution in [1.29, 1.82) is 0 Å². The third kappa shape index (κ3) is 2.20. The molecule has 0 radical (unpaired) electrons. The van der Waals surface area contributed by atoms with Gasteiger partial charge >= 0.3 is 0 Å². The standard InChI is InChI=1S/C9H7ClN2S/c10-7-3-9(13-5-7)2-1-8-4-11-6-12-8/h1-6H,(H,11,12)/b2-1+. The van der Waals surface area contributed by atoms with Gasteiger partial charge in [-0.2, -0.15) is 0 Å². The second kappa shape index (κ2) is 3.77. The molecule has 0 bridgehead atoms. The van der Waals surface area contributed by atoms with Crippen molar-refractivity contribution in [1.82, 2.24) is 9.97 Å². The molecule has 2 rings (SSSR count). The molecule has 2 heterocycles. The monoisotopic (exact) mass is 210 g/mol. The van der Waals surface area contributed by atoms with Gasteiger partial charge in [0, 0.05) is 10.3 Å². The number of hydrogen-bond acceptors (Lipinski definition) is 2. The first kappa shape index (κ1) is 8.53. The van der Waals surface area contributed by atoms with Gasteiger partial charge in [-0.3, -0.25) is 0 Å². The maximum absolute atomic E-state index is 5.78. The summed E-state index contributed by atoms with van der Waals surface area (Å²) in [5.41, 5.74) is 0.990. The highest BCUT2D eigenvalue weighted by atomic mass is 35.5. The van der Waals surface area contributed by atoms with E-state index >= 15 is 0 Å². The number of rotatable bonds is 2. The molecule has 0 amide bonds. The van der Waals surface area contributed by atoms with Gasteiger partial charge in [-0.05, 0) is 18.2 Å². The van der Waals surface area contributed by atoms with Gasteiger partial charge in [-0.25, -0.2) is 4.98 Å². The third-order valence-electron chi connectivity index (χ3n) is 1.53. The van der Waals surface area contributed by atoms with Crippen molar-refractivity contribution in [3.8, 4) is 0 Å². The summed E-state index contributed by atoms with van der Waals surface area (Å²) in [5, 5.41) is 2.70. The van der Waals surface area contributed by atoms with Crippen molar-refractivity contribution in [2.75, 3.05) is 0 Å². The molecule has 4 heteroatoms. The minimum absolute atomic E-state index is 0.786. The topological polar surface area (TPSA) is 28.7 Å². The molecule has 0 aromatic carbocycles. The number of thiophene rings is 1. The molecule has 0 aliphatic heterocycles. The van der Waals surface area contributed by atoms with Crippen molar-refractivity contribution in [2.24, 2.45) is 0 Å². The summed E-state index contributed by atoms with van der Waals surface area (Å²) in [6, 6.07) is 1.93. The van der Waals surface area contributed by atoms with Crippen LogP contribution in [0.4, 0.5) is 0 Å². The highest BCUT2D eigenvalue weighted by Gasteiger charge is 1.92. The van der Waals surface area contributed by atoms with Crippen LogP contribution in [0.15, 0.2) is 24.0 Å². The summed E-state index contributed by atoms with van der Waals surface area (Å²) in [5.74, 6) is 0. The Hall–Kier alpha value is -1.06. The molecular weight excluding hydrogens is 204 g/mol. The SMILES string of the molecule is Clc1csc(/C=C/c2cnc[nH]2)c1. The molecule has 1 N–H and O–H groups in total. The molecule has 66 valence electrons. The van der Waals surface area contributed by atoms with Gasteiger partial charge in [-0.15, -0.1) is 11.3 Å². The average molecular weight is 211 g/mol. The Labute approximate surface area is 84.9 Å². The lowest BCUT2D eigenvalue weighted by Crippen LogP contribution is -1.65. The number of halogens is 1. The van der Waals surface area contributed by atoms with E-state index in [4.69, 9.17) is 11.6 Å². The quantitative estimate of drug-likeness (QED) is 0.810. The van der Waals surface area contributed by atoms with Gasteiger partial charge in [0.25, 0.3) is 0 Å². The van der Waals surface area contributed by atoms with Crippen LogP contribution in [-0.4, -0.2) is 9.97 Å². The van der Waals surface area contributed by atoms with E-state index in [1.807, 2.05) is 23.6 Å². The zero-order valence-electron chi connectivity index (χ0n) is 6.70. The normalized spacial score (nSPS) is 11.2. The van der Waals surface area contributed by atoms with Gasteiger partial charge in [0.1, 0.15) is 0 Å². The van der Waals surface area contributed by atoms with Crippen LogP contribution >= 0.6 is 22.9 Å². The van der Waals surface area contributed by atoms with E-state index in [1.165, 1.54) is 0 Å². The van der Waals surface area contributed by atoms with Crippen LogP contribution in [-0.2, 0) is 0 Å². The zero-order valence-corrected chi connectivity index (χ0v) is 8.27. The molecule has 0 fully saturated rings. The lowest BCUT2D eigenvalue weighted by atomic mass is 10.3. The van der Waals surface area contributed by atoms with Crippen molar-refractivity contribution in [3.05, 3.63) is 39.6 Å². The van der Waals surface area contributed by atoms with E-state index in [-0.39, 0.29) is 0 Å². The molecule has 0 atom stereocenters. The molecule has 2 aromatic rings. The highest BCUT2D eigenvalue weighted by Crippen LogP contribution is 2.20. The molecule has 0 unspecified atom stereocenters. The van der Waals surface area contributed by atoms with Crippen molar-refractivity contribution < 1.29 is 0 Å². The summed E-state index contributed by atoms with van der Waals surface area (Å²) in [6.07, 6.45) is 7.39. The van der Waals surface area contributed by atoms with Crippen LogP contribution in [0.3, 0.4) is 0 Å². The molecular formula is C9H7ClN2S. The first-order chi connectivity index (χ1) is 6.34. The Balaban J connectivity index is 2.14. The number of imidazole rings is 1. The summed E-state index contributed by atoms with van der Waals surface area (Å²) in [6.45, 7) is 0. The first-order valence-corrected chi connectivity index (χ1v) is 5.01. The second-order valence-corrected chi connectivity index (χ2v) is 3.89. The number of aromatic nitrogens is 2. The van der Waals surface area contributed by atoms with Gasteiger partial charge in [0.05, 0.1) is 23.2 Å². The molecule has 0 spiro atoms. The molecule has 2 aromatic heterocycles. The predicted octanol–water partition coefficient (Wildman–Crippen LogP) is 3.30. The van der Waals surface area contributed by atoms with E-state index in [0.717, 1.165) is 15.6 Å². The third-order valence-corrected chi connectivity index (χ3v) is 2.78. The Morgan fingerprint density at radius 1 is 1.46 bits per heavy atom. The predicted molar refractivity (Wildman–Crippen MR) is 56.8 cm³/mol. The Bertz CT molecular complexity index is 403. The highest BCUT2D eigenvalue weighted by molar-refractivity contribution is 7.11. The fourth-order valence-electron chi connectivity index (χ4n) is 0.945. The molecule has 13 heavy (non-hydrogen) atoms. The van der Waals surface area contributed by atoms with Crippen molar-refractivity contribution in [3.63, 3.8) is 0 Å². The van der Waals surface area contributed by atoms with Crippen LogP contribution < -0.4 is 0 Å². The first-order valence-electron chi connectivity index (χ1n) is 3.75. The van der Waals surface area contributed by atoms with Crippen LogP contribution in [0, 0.1) is 0 Å². The van der Waals surface area contributed by atoms with Crippen LogP contribution in [0.1, 0.15) is 10.6 Å². The molecule has 0 aliphatic carbocycles.